The lowest BCUT2D eigenvalue weighted by molar-refractivity contribution is -0.117. The molecule has 0 aliphatic rings. The van der Waals surface area contributed by atoms with Crippen molar-refractivity contribution < 1.29 is 4.79 Å². The van der Waals surface area contributed by atoms with E-state index in [2.05, 4.69) is 46.5 Å². The van der Waals surface area contributed by atoms with Gasteiger partial charge >= 0.3 is 0 Å². The molecular formula is C27H27N3OS. The summed E-state index contributed by atoms with van der Waals surface area (Å²) in [6.45, 7) is 0.710. The number of aromatic nitrogens is 2. The fourth-order valence-electron chi connectivity index (χ4n) is 3.75. The van der Waals surface area contributed by atoms with E-state index in [0.717, 1.165) is 34.6 Å². The minimum atomic E-state index is -0.175. The molecule has 4 nitrogen and oxygen atoms in total. The zero-order valence-electron chi connectivity index (χ0n) is 18.1. The van der Waals surface area contributed by atoms with Gasteiger partial charge in [0.1, 0.15) is 5.82 Å². The molecule has 32 heavy (non-hydrogen) atoms. The highest BCUT2D eigenvalue weighted by Crippen LogP contribution is 2.25. The van der Waals surface area contributed by atoms with Gasteiger partial charge in [-0.25, -0.2) is 4.98 Å². The van der Waals surface area contributed by atoms with Crippen LogP contribution in [0.5, 0.6) is 0 Å². The number of para-hydroxylation sites is 2. The molecule has 3 aromatic carbocycles. The second-order valence-electron chi connectivity index (χ2n) is 7.62. The van der Waals surface area contributed by atoms with Gasteiger partial charge in [-0.2, -0.15) is 11.8 Å². The number of rotatable bonds is 9. The van der Waals surface area contributed by atoms with Gasteiger partial charge in [0.25, 0.3) is 0 Å². The Labute approximate surface area is 193 Å². The van der Waals surface area contributed by atoms with Gasteiger partial charge in [0.2, 0.25) is 5.91 Å². The molecular weight excluding hydrogens is 414 g/mol. The van der Waals surface area contributed by atoms with E-state index in [1.807, 2.05) is 60.7 Å². The van der Waals surface area contributed by atoms with E-state index in [1.54, 1.807) is 17.8 Å². The molecule has 0 aliphatic carbocycles. The highest BCUT2D eigenvalue weighted by atomic mass is 32.2. The van der Waals surface area contributed by atoms with Crippen molar-refractivity contribution in [1.82, 2.24) is 14.9 Å². The summed E-state index contributed by atoms with van der Waals surface area (Å²) < 4.78 is 2.23. The quantitative estimate of drug-likeness (QED) is 0.339. The molecule has 0 saturated carbocycles. The van der Waals surface area contributed by atoms with Gasteiger partial charge in [-0.1, -0.05) is 72.8 Å². The third-order valence-corrected chi connectivity index (χ3v) is 5.98. The van der Waals surface area contributed by atoms with Crippen LogP contribution >= 0.6 is 11.8 Å². The molecule has 0 spiro atoms. The maximum absolute atomic E-state index is 12.8. The summed E-state index contributed by atoms with van der Waals surface area (Å²) in [5.41, 5.74) is 4.23. The SMILES string of the molecule is CSCC[C@H](NC(=O)/C=C/c1ccccc1)c1nc2ccccc2n1Cc1ccccc1. The van der Waals surface area contributed by atoms with E-state index >= 15 is 0 Å². The molecule has 0 radical (unpaired) electrons. The molecule has 0 fully saturated rings. The number of carbonyl (C=O) groups is 1. The first-order valence-corrected chi connectivity index (χ1v) is 12.2. The Morgan fingerprint density at radius 3 is 2.44 bits per heavy atom. The monoisotopic (exact) mass is 441 g/mol. The molecule has 1 atom stereocenters. The summed E-state index contributed by atoms with van der Waals surface area (Å²) in [6.07, 6.45) is 6.34. The molecule has 5 heteroatoms. The molecule has 1 aromatic heterocycles. The summed E-state index contributed by atoms with van der Waals surface area (Å²) in [6, 6.07) is 28.2. The van der Waals surface area contributed by atoms with Crippen molar-refractivity contribution in [1.29, 1.82) is 0 Å². The predicted molar refractivity (Wildman–Crippen MR) is 135 cm³/mol. The first-order chi connectivity index (χ1) is 15.7. The molecule has 0 aliphatic heterocycles. The number of nitrogens with zero attached hydrogens (tertiary/aromatic N) is 2. The van der Waals surface area contributed by atoms with Gasteiger partial charge in [0.15, 0.2) is 0 Å². The van der Waals surface area contributed by atoms with Crippen molar-refractivity contribution in [3.05, 3.63) is 108 Å². The Hall–Kier alpha value is -3.31. The number of thioether (sulfide) groups is 1. The van der Waals surface area contributed by atoms with Crippen LogP contribution in [0, 0.1) is 0 Å². The number of fused-ring (bicyclic) bond motifs is 1. The average molecular weight is 442 g/mol. The molecule has 1 heterocycles. The summed E-state index contributed by atoms with van der Waals surface area (Å²) in [7, 11) is 0. The van der Waals surface area contributed by atoms with Crippen LogP contribution in [-0.2, 0) is 11.3 Å². The van der Waals surface area contributed by atoms with Crippen molar-refractivity contribution in [2.45, 2.75) is 19.0 Å². The smallest absolute Gasteiger partial charge is 0.244 e. The van der Waals surface area contributed by atoms with Crippen molar-refractivity contribution in [2.75, 3.05) is 12.0 Å². The molecule has 1 amide bonds. The average Bonchev–Trinajstić information content (AvgIpc) is 3.20. The van der Waals surface area contributed by atoms with E-state index < -0.39 is 0 Å². The third kappa shape index (κ3) is 5.48. The fraction of sp³-hybridized carbons (Fsp3) is 0.185. The number of hydrogen-bond acceptors (Lipinski definition) is 3. The normalized spacial score (nSPS) is 12.3. The van der Waals surface area contributed by atoms with Crippen molar-refractivity contribution in [2.24, 2.45) is 0 Å². The number of amides is 1. The second kappa shape index (κ2) is 10.8. The lowest BCUT2D eigenvalue weighted by Crippen LogP contribution is -2.30. The number of carbonyl (C=O) groups excluding carboxylic acids is 1. The van der Waals surface area contributed by atoms with Gasteiger partial charge in [-0.3, -0.25) is 4.79 Å². The van der Waals surface area contributed by atoms with E-state index in [9.17, 15) is 4.79 Å². The number of hydrogen-bond donors (Lipinski definition) is 1. The maximum Gasteiger partial charge on any atom is 0.244 e. The van der Waals surface area contributed by atoms with E-state index in [-0.39, 0.29) is 11.9 Å². The molecule has 0 bridgehead atoms. The van der Waals surface area contributed by atoms with E-state index in [4.69, 9.17) is 4.98 Å². The topological polar surface area (TPSA) is 46.9 Å². The van der Waals surface area contributed by atoms with E-state index in [1.165, 1.54) is 5.56 Å². The van der Waals surface area contributed by atoms with Crippen molar-refractivity contribution in [3.8, 4) is 0 Å². The van der Waals surface area contributed by atoms with E-state index in [0.29, 0.717) is 6.54 Å². The zero-order chi connectivity index (χ0) is 22.2. The van der Waals surface area contributed by atoms with Crippen LogP contribution in [0.2, 0.25) is 0 Å². The summed E-state index contributed by atoms with van der Waals surface area (Å²) in [5, 5.41) is 3.20. The lowest BCUT2D eigenvalue weighted by atomic mass is 10.1. The van der Waals surface area contributed by atoms with Gasteiger partial charge < -0.3 is 9.88 Å². The maximum atomic E-state index is 12.8. The van der Waals surface area contributed by atoms with Gasteiger partial charge in [0, 0.05) is 12.6 Å². The minimum absolute atomic E-state index is 0.113. The molecule has 0 unspecified atom stereocenters. The van der Waals surface area contributed by atoms with Crippen LogP contribution in [0.4, 0.5) is 0 Å². The Balaban J connectivity index is 1.65. The van der Waals surface area contributed by atoms with Gasteiger partial charge in [-0.05, 0) is 47.8 Å². The Bertz CT molecular complexity index is 1190. The van der Waals surface area contributed by atoms with Crippen LogP contribution in [0.1, 0.15) is 29.4 Å². The Morgan fingerprint density at radius 2 is 1.69 bits per heavy atom. The second-order valence-corrected chi connectivity index (χ2v) is 8.60. The first kappa shape index (κ1) is 21.9. The van der Waals surface area contributed by atoms with Gasteiger partial charge in [-0.15, -0.1) is 0 Å². The molecule has 0 saturated heterocycles. The standard InChI is InChI=1S/C27H27N3OS/c1-32-19-18-24(28-26(31)17-16-21-10-4-2-5-11-21)27-29-23-14-8-9-15-25(23)30(27)20-22-12-6-3-7-13-22/h2-17,24H,18-20H2,1H3,(H,28,31)/b17-16+/t24-/m0/s1. The predicted octanol–water partition coefficient (Wildman–Crippen LogP) is 5.71. The lowest BCUT2D eigenvalue weighted by Gasteiger charge is -2.19. The van der Waals surface area contributed by atoms with Crippen LogP contribution in [0.3, 0.4) is 0 Å². The number of imidazole rings is 1. The molecule has 4 aromatic rings. The molecule has 4 rings (SSSR count). The summed E-state index contributed by atoms with van der Waals surface area (Å²) in [4.78, 5) is 17.8. The fourth-order valence-corrected chi connectivity index (χ4v) is 4.22. The van der Waals surface area contributed by atoms with Crippen LogP contribution in [-0.4, -0.2) is 27.5 Å². The number of nitrogens with one attached hydrogen (secondary N) is 1. The molecule has 1 N–H and O–H groups in total. The highest BCUT2D eigenvalue weighted by molar-refractivity contribution is 7.98. The minimum Gasteiger partial charge on any atom is -0.343 e. The first-order valence-electron chi connectivity index (χ1n) is 10.8. The molecule has 162 valence electrons. The van der Waals surface area contributed by atoms with Crippen molar-refractivity contribution >= 4 is 34.8 Å². The Kier molecular flexibility index (Phi) is 7.41. The summed E-state index contributed by atoms with van der Waals surface area (Å²) in [5.74, 6) is 1.71. The third-order valence-electron chi connectivity index (χ3n) is 5.33. The van der Waals surface area contributed by atoms with Crippen LogP contribution < -0.4 is 5.32 Å². The largest absolute Gasteiger partial charge is 0.343 e. The van der Waals surface area contributed by atoms with Gasteiger partial charge in [0.05, 0.1) is 17.1 Å². The summed E-state index contributed by atoms with van der Waals surface area (Å²) >= 11 is 1.77. The highest BCUT2D eigenvalue weighted by Gasteiger charge is 2.21. The number of benzene rings is 3. The Morgan fingerprint density at radius 1 is 1.00 bits per heavy atom. The van der Waals surface area contributed by atoms with Crippen LogP contribution in [0.25, 0.3) is 17.1 Å². The van der Waals surface area contributed by atoms with Crippen molar-refractivity contribution in [3.63, 3.8) is 0 Å². The van der Waals surface area contributed by atoms with Crippen LogP contribution in [0.15, 0.2) is 91.0 Å². The zero-order valence-corrected chi connectivity index (χ0v) is 19.0.